The first-order valence-corrected chi connectivity index (χ1v) is 8.23. The summed E-state index contributed by atoms with van der Waals surface area (Å²) in [4.78, 5) is 23.8. The molecule has 0 bridgehead atoms. The molecule has 0 saturated heterocycles. The maximum absolute atomic E-state index is 12.1. The molecule has 0 spiro atoms. The van der Waals surface area contributed by atoms with Crippen LogP contribution in [-0.2, 0) is 9.59 Å². The number of hydrogen-bond acceptors (Lipinski definition) is 2. The van der Waals surface area contributed by atoms with Crippen LogP contribution in [0.1, 0.15) is 51.1 Å². The summed E-state index contributed by atoms with van der Waals surface area (Å²) in [6.45, 7) is 4.60. The van der Waals surface area contributed by atoms with Crippen LogP contribution < -0.4 is 10.6 Å². The fourth-order valence-corrected chi connectivity index (χ4v) is 2.68. The molecule has 0 aromatic heterocycles. The number of rotatable bonds is 8. The molecule has 0 aliphatic heterocycles. The standard InChI is InChI=1S/C18H26N2O2/c1-3-7-16(14-8-5-4-6-9-14)20-17(21)10-11-19-18(22)15-12-13(15)2/h4-6,8-9,13,15-16H,3,7,10-12H2,1-2H3,(H,19,22)(H,20,21). The number of hydrogen-bond donors (Lipinski definition) is 2. The van der Waals surface area contributed by atoms with Gasteiger partial charge in [-0.1, -0.05) is 50.6 Å². The predicted molar refractivity (Wildman–Crippen MR) is 87.1 cm³/mol. The number of carbonyl (C=O) groups is 2. The van der Waals surface area contributed by atoms with Gasteiger partial charge in [-0.2, -0.15) is 0 Å². The molecule has 3 atom stereocenters. The van der Waals surface area contributed by atoms with E-state index >= 15 is 0 Å². The van der Waals surface area contributed by atoms with E-state index in [4.69, 9.17) is 0 Å². The minimum atomic E-state index is -0.00792. The summed E-state index contributed by atoms with van der Waals surface area (Å²) in [5, 5.41) is 5.92. The molecule has 0 radical (unpaired) electrons. The van der Waals surface area contributed by atoms with Crippen LogP contribution in [0.2, 0.25) is 0 Å². The Morgan fingerprint density at radius 2 is 1.95 bits per heavy atom. The summed E-state index contributed by atoms with van der Waals surface area (Å²) in [6.07, 6.45) is 3.24. The lowest BCUT2D eigenvalue weighted by molar-refractivity contribution is -0.123. The lowest BCUT2D eigenvalue weighted by atomic mass is 10.0. The van der Waals surface area contributed by atoms with Gasteiger partial charge in [0.2, 0.25) is 11.8 Å². The molecule has 2 amide bonds. The fourth-order valence-electron chi connectivity index (χ4n) is 2.68. The highest BCUT2D eigenvalue weighted by Gasteiger charge is 2.38. The van der Waals surface area contributed by atoms with Crippen LogP contribution in [0.5, 0.6) is 0 Å². The van der Waals surface area contributed by atoms with Crippen molar-refractivity contribution >= 4 is 11.8 Å². The van der Waals surface area contributed by atoms with Crippen molar-refractivity contribution in [2.24, 2.45) is 11.8 Å². The van der Waals surface area contributed by atoms with E-state index in [0.29, 0.717) is 18.9 Å². The zero-order valence-corrected chi connectivity index (χ0v) is 13.5. The smallest absolute Gasteiger partial charge is 0.223 e. The minimum Gasteiger partial charge on any atom is -0.355 e. The van der Waals surface area contributed by atoms with Gasteiger partial charge in [0, 0.05) is 18.9 Å². The molecule has 1 aromatic rings. The first kappa shape index (κ1) is 16.5. The molecule has 1 saturated carbocycles. The van der Waals surface area contributed by atoms with Gasteiger partial charge in [-0.25, -0.2) is 0 Å². The number of benzene rings is 1. The van der Waals surface area contributed by atoms with Crippen molar-refractivity contribution < 1.29 is 9.59 Å². The minimum absolute atomic E-state index is 0.00792. The Kier molecular flexibility index (Phi) is 5.99. The van der Waals surface area contributed by atoms with E-state index in [1.54, 1.807) is 0 Å². The van der Waals surface area contributed by atoms with E-state index < -0.39 is 0 Å². The molecule has 1 aliphatic rings. The topological polar surface area (TPSA) is 58.2 Å². The highest BCUT2D eigenvalue weighted by Crippen LogP contribution is 2.37. The normalized spacial score (nSPS) is 21.0. The Labute approximate surface area is 132 Å². The van der Waals surface area contributed by atoms with Gasteiger partial charge in [-0.15, -0.1) is 0 Å². The van der Waals surface area contributed by atoms with E-state index in [-0.39, 0.29) is 23.8 Å². The molecule has 1 aliphatic carbocycles. The molecule has 2 N–H and O–H groups in total. The van der Waals surface area contributed by atoms with E-state index in [2.05, 4.69) is 24.5 Å². The van der Waals surface area contributed by atoms with Crippen LogP contribution in [0.25, 0.3) is 0 Å². The monoisotopic (exact) mass is 302 g/mol. The van der Waals surface area contributed by atoms with Gasteiger partial charge >= 0.3 is 0 Å². The predicted octanol–water partition coefficient (Wildman–Crippen LogP) is 2.81. The summed E-state index contributed by atoms with van der Waals surface area (Å²) >= 11 is 0. The Morgan fingerprint density at radius 3 is 2.55 bits per heavy atom. The van der Waals surface area contributed by atoms with Crippen LogP contribution >= 0.6 is 0 Å². The first-order chi connectivity index (χ1) is 10.6. The quantitative estimate of drug-likeness (QED) is 0.776. The fraction of sp³-hybridized carbons (Fsp3) is 0.556. The van der Waals surface area contributed by atoms with Crippen LogP contribution in [-0.4, -0.2) is 18.4 Å². The zero-order chi connectivity index (χ0) is 15.9. The number of amides is 2. The van der Waals surface area contributed by atoms with Crippen molar-refractivity contribution in [3.63, 3.8) is 0 Å². The van der Waals surface area contributed by atoms with Crippen molar-refractivity contribution in [1.82, 2.24) is 10.6 Å². The van der Waals surface area contributed by atoms with Crippen molar-refractivity contribution in [3.05, 3.63) is 35.9 Å². The van der Waals surface area contributed by atoms with Gasteiger partial charge in [0.15, 0.2) is 0 Å². The molecule has 22 heavy (non-hydrogen) atoms. The second-order valence-corrected chi connectivity index (χ2v) is 6.18. The first-order valence-electron chi connectivity index (χ1n) is 8.23. The van der Waals surface area contributed by atoms with E-state index in [1.165, 1.54) is 0 Å². The Hall–Kier alpha value is -1.84. The zero-order valence-electron chi connectivity index (χ0n) is 13.5. The van der Waals surface area contributed by atoms with Crippen LogP contribution in [0.3, 0.4) is 0 Å². The highest BCUT2D eigenvalue weighted by molar-refractivity contribution is 5.82. The molecular formula is C18H26N2O2. The number of nitrogens with one attached hydrogen (secondary N) is 2. The maximum atomic E-state index is 12.1. The largest absolute Gasteiger partial charge is 0.355 e. The van der Waals surface area contributed by atoms with Gasteiger partial charge in [-0.05, 0) is 24.3 Å². The van der Waals surface area contributed by atoms with Crippen LogP contribution in [0.4, 0.5) is 0 Å². The molecule has 1 aromatic carbocycles. The van der Waals surface area contributed by atoms with Gasteiger partial charge in [-0.3, -0.25) is 9.59 Å². The SMILES string of the molecule is CCCC(NC(=O)CCNC(=O)C1CC1C)c1ccccc1. The third-order valence-electron chi connectivity index (χ3n) is 4.21. The third kappa shape index (κ3) is 4.86. The number of carbonyl (C=O) groups excluding carboxylic acids is 2. The van der Waals surface area contributed by atoms with E-state index in [0.717, 1.165) is 24.8 Å². The van der Waals surface area contributed by atoms with Crippen molar-refractivity contribution in [2.75, 3.05) is 6.54 Å². The Balaban J connectivity index is 1.75. The molecule has 0 heterocycles. The molecule has 4 nitrogen and oxygen atoms in total. The molecule has 120 valence electrons. The van der Waals surface area contributed by atoms with Gasteiger partial charge in [0.25, 0.3) is 0 Å². The summed E-state index contributed by atoms with van der Waals surface area (Å²) in [5.74, 6) is 0.751. The lowest BCUT2D eigenvalue weighted by Crippen LogP contribution is -2.33. The summed E-state index contributed by atoms with van der Waals surface area (Å²) in [5.41, 5.74) is 1.13. The summed E-state index contributed by atoms with van der Waals surface area (Å²) < 4.78 is 0. The van der Waals surface area contributed by atoms with Crippen LogP contribution in [0.15, 0.2) is 30.3 Å². The van der Waals surface area contributed by atoms with E-state index in [9.17, 15) is 9.59 Å². The molecule has 4 heteroatoms. The summed E-state index contributed by atoms with van der Waals surface area (Å²) in [6, 6.07) is 10.1. The Bertz CT molecular complexity index is 501. The maximum Gasteiger partial charge on any atom is 0.223 e. The lowest BCUT2D eigenvalue weighted by Gasteiger charge is -2.18. The van der Waals surface area contributed by atoms with Crippen molar-refractivity contribution in [3.8, 4) is 0 Å². The van der Waals surface area contributed by atoms with Crippen molar-refractivity contribution in [2.45, 2.75) is 45.6 Å². The summed E-state index contributed by atoms with van der Waals surface area (Å²) in [7, 11) is 0. The molecule has 3 unspecified atom stereocenters. The second-order valence-electron chi connectivity index (χ2n) is 6.18. The van der Waals surface area contributed by atoms with Crippen LogP contribution in [0, 0.1) is 11.8 Å². The molecule has 1 fully saturated rings. The van der Waals surface area contributed by atoms with Gasteiger partial charge in [0.05, 0.1) is 6.04 Å². The highest BCUT2D eigenvalue weighted by atomic mass is 16.2. The second kappa shape index (κ2) is 7.97. The van der Waals surface area contributed by atoms with E-state index in [1.807, 2.05) is 30.3 Å². The molecule has 2 rings (SSSR count). The van der Waals surface area contributed by atoms with Crippen molar-refractivity contribution in [1.29, 1.82) is 0 Å². The molecular weight excluding hydrogens is 276 g/mol. The Morgan fingerprint density at radius 1 is 1.27 bits per heavy atom. The average molecular weight is 302 g/mol. The van der Waals surface area contributed by atoms with Gasteiger partial charge < -0.3 is 10.6 Å². The van der Waals surface area contributed by atoms with Gasteiger partial charge in [0.1, 0.15) is 0 Å². The average Bonchev–Trinajstić information content (AvgIpc) is 3.25. The third-order valence-corrected chi connectivity index (χ3v) is 4.21.